The van der Waals surface area contributed by atoms with E-state index in [1.165, 1.54) is 7.11 Å². The van der Waals surface area contributed by atoms with Crippen LogP contribution in [0.3, 0.4) is 0 Å². The van der Waals surface area contributed by atoms with Crippen molar-refractivity contribution in [2.45, 2.75) is 18.2 Å². The summed E-state index contributed by atoms with van der Waals surface area (Å²) in [7, 11) is 1.23. The standard InChI is InChI=1S/C10H9BrF2INO2/c1-17-8(16)2-5-6(3-11)10(14)15-4-7(5)9(12)13/h4,9H,2-3H2,1H3. The number of methoxy groups -OCH3 is 1. The van der Waals surface area contributed by atoms with Crippen molar-refractivity contribution in [3.8, 4) is 0 Å². The van der Waals surface area contributed by atoms with Crippen LogP contribution in [0.15, 0.2) is 6.20 Å². The second-order valence-electron chi connectivity index (χ2n) is 3.15. The fourth-order valence-corrected chi connectivity index (χ4v) is 3.11. The topological polar surface area (TPSA) is 39.2 Å². The number of aromatic nitrogens is 1. The van der Waals surface area contributed by atoms with E-state index in [1.54, 1.807) is 0 Å². The maximum Gasteiger partial charge on any atom is 0.310 e. The number of nitrogens with zero attached hydrogens (tertiary/aromatic N) is 1. The minimum absolute atomic E-state index is 0.171. The molecule has 0 unspecified atom stereocenters. The summed E-state index contributed by atoms with van der Waals surface area (Å²) in [6.45, 7) is 0. The molecular formula is C10H9BrF2INO2. The highest BCUT2D eigenvalue weighted by Gasteiger charge is 2.21. The van der Waals surface area contributed by atoms with E-state index >= 15 is 0 Å². The Labute approximate surface area is 119 Å². The molecule has 0 aliphatic carbocycles. The van der Waals surface area contributed by atoms with Crippen LogP contribution >= 0.6 is 38.5 Å². The van der Waals surface area contributed by atoms with Gasteiger partial charge < -0.3 is 4.74 Å². The number of rotatable bonds is 4. The third kappa shape index (κ3) is 3.57. The van der Waals surface area contributed by atoms with Gasteiger partial charge in [-0.25, -0.2) is 13.8 Å². The monoisotopic (exact) mass is 419 g/mol. The lowest BCUT2D eigenvalue weighted by Crippen LogP contribution is -2.11. The summed E-state index contributed by atoms with van der Waals surface area (Å²) < 4.78 is 30.7. The lowest BCUT2D eigenvalue weighted by atomic mass is 10.0. The molecule has 1 aromatic rings. The molecule has 0 bridgehead atoms. The zero-order valence-electron chi connectivity index (χ0n) is 8.84. The molecule has 17 heavy (non-hydrogen) atoms. The molecule has 7 heteroatoms. The van der Waals surface area contributed by atoms with E-state index < -0.39 is 12.4 Å². The molecular weight excluding hydrogens is 411 g/mol. The molecule has 0 amide bonds. The van der Waals surface area contributed by atoms with Gasteiger partial charge in [0.25, 0.3) is 6.43 Å². The zero-order valence-corrected chi connectivity index (χ0v) is 12.6. The number of halogens is 4. The molecule has 0 aliphatic heterocycles. The molecule has 0 radical (unpaired) electrons. The maximum atomic E-state index is 12.8. The summed E-state index contributed by atoms with van der Waals surface area (Å²) in [5, 5.41) is 0.366. The summed E-state index contributed by atoms with van der Waals surface area (Å²) in [6, 6.07) is 0. The van der Waals surface area contributed by atoms with Crippen LogP contribution in [0.2, 0.25) is 0 Å². The summed E-state index contributed by atoms with van der Waals surface area (Å²) in [5.41, 5.74) is 0.683. The van der Waals surface area contributed by atoms with Gasteiger partial charge in [-0.15, -0.1) is 0 Å². The first kappa shape index (κ1) is 14.7. The Morgan fingerprint density at radius 1 is 1.59 bits per heavy atom. The molecule has 94 valence electrons. The van der Waals surface area contributed by atoms with Crippen molar-refractivity contribution < 1.29 is 18.3 Å². The largest absolute Gasteiger partial charge is 0.469 e. The smallest absolute Gasteiger partial charge is 0.310 e. The second-order valence-corrected chi connectivity index (χ2v) is 4.73. The van der Waals surface area contributed by atoms with Crippen LogP contribution in [0.5, 0.6) is 0 Å². The van der Waals surface area contributed by atoms with Gasteiger partial charge in [0, 0.05) is 17.1 Å². The number of carbonyl (C=O) groups excluding carboxylic acids is 1. The van der Waals surface area contributed by atoms with Crippen molar-refractivity contribution in [1.82, 2.24) is 4.98 Å². The van der Waals surface area contributed by atoms with E-state index in [9.17, 15) is 13.6 Å². The molecule has 1 aromatic heterocycles. The average molecular weight is 420 g/mol. The number of hydrogen-bond donors (Lipinski definition) is 0. The van der Waals surface area contributed by atoms with Gasteiger partial charge in [0.2, 0.25) is 0 Å². The number of pyridine rings is 1. The SMILES string of the molecule is COC(=O)Cc1c(C(F)F)cnc(I)c1CBr. The van der Waals surface area contributed by atoms with Gasteiger partial charge in [-0.05, 0) is 33.7 Å². The van der Waals surface area contributed by atoms with Gasteiger partial charge in [-0.1, -0.05) is 15.9 Å². The Balaban J connectivity index is 3.28. The molecule has 0 aromatic carbocycles. The quantitative estimate of drug-likeness (QED) is 0.325. The summed E-state index contributed by atoms with van der Waals surface area (Å²) in [5.74, 6) is -0.545. The lowest BCUT2D eigenvalue weighted by Gasteiger charge is -2.13. The molecule has 0 saturated carbocycles. The van der Waals surface area contributed by atoms with E-state index in [0.29, 0.717) is 20.2 Å². The minimum atomic E-state index is -2.66. The fourth-order valence-electron chi connectivity index (χ4n) is 1.33. The van der Waals surface area contributed by atoms with Crippen LogP contribution in [0.1, 0.15) is 23.1 Å². The van der Waals surface area contributed by atoms with Crippen LogP contribution in [0.25, 0.3) is 0 Å². The van der Waals surface area contributed by atoms with Crippen LogP contribution < -0.4 is 0 Å². The van der Waals surface area contributed by atoms with E-state index in [0.717, 1.165) is 6.20 Å². The van der Waals surface area contributed by atoms with Gasteiger partial charge in [0.05, 0.1) is 13.5 Å². The maximum absolute atomic E-state index is 12.8. The number of alkyl halides is 3. The number of esters is 1. The molecule has 3 nitrogen and oxygen atoms in total. The van der Waals surface area contributed by atoms with Crippen molar-refractivity contribution in [3.05, 3.63) is 26.6 Å². The van der Waals surface area contributed by atoms with Crippen molar-refractivity contribution >= 4 is 44.5 Å². The van der Waals surface area contributed by atoms with Gasteiger partial charge in [0.15, 0.2) is 0 Å². The van der Waals surface area contributed by atoms with Gasteiger partial charge in [0.1, 0.15) is 3.70 Å². The number of ether oxygens (including phenoxy) is 1. The zero-order chi connectivity index (χ0) is 13.0. The predicted molar refractivity (Wildman–Crippen MR) is 70.3 cm³/mol. The Bertz CT molecular complexity index is 429. The Morgan fingerprint density at radius 3 is 2.71 bits per heavy atom. The van der Waals surface area contributed by atoms with E-state index in [1.807, 2.05) is 22.6 Å². The molecule has 0 fully saturated rings. The highest BCUT2D eigenvalue weighted by Crippen LogP contribution is 2.29. The third-order valence-electron chi connectivity index (χ3n) is 2.20. The van der Waals surface area contributed by atoms with E-state index in [-0.39, 0.29) is 12.0 Å². The molecule has 0 spiro atoms. The van der Waals surface area contributed by atoms with Crippen LogP contribution in [0.4, 0.5) is 8.78 Å². The van der Waals surface area contributed by atoms with Crippen LogP contribution in [-0.2, 0) is 21.3 Å². The second kappa shape index (κ2) is 6.58. The Kier molecular flexibility index (Phi) is 5.71. The summed E-state index contributed by atoms with van der Waals surface area (Å²) >= 11 is 5.16. The lowest BCUT2D eigenvalue weighted by molar-refractivity contribution is -0.139. The van der Waals surface area contributed by atoms with Crippen LogP contribution in [0, 0.1) is 3.70 Å². The minimum Gasteiger partial charge on any atom is -0.469 e. The van der Waals surface area contributed by atoms with Gasteiger partial charge >= 0.3 is 5.97 Å². The van der Waals surface area contributed by atoms with Gasteiger partial charge in [-0.2, -0.15) is 0 Å². The summed E-state index contributed by atoms with van der Waals surface area (Å²) in [4.78, 5) is 15.1. The van der Waals surface area contributed by atoms with Gasteiger partial charge in [-0.3, -0.25) is 4.79 Å². The summed E-state index contributed by atoms with van der Waals surface area (Å²) in [6.07, 6.45) is -1.72. The van der Waals surface area contributed by atoms with E-state index in [4.69, 9.17) is 0 Å². The number of carbonyl (C=O) groups is 1. The molecule has 0 atom stereocenters. The first-order valence-corrected chi connectivity index (χ1v) is 6.78. The average Bonchev–Trinajstić information content (AvgIpc) is 2.28. The predicted octanol–water partition coefficient (Wildman–Crippen LogP) is 3.23. The normalized spacial score (nSPS) is 10.7. The Hall–Kier alpha value is -0.310. The molecule has 0 N–H and O–H groups in total. The first-order chi connectivity index (χ1) is 8.01. The van der Waals surface area contributed by atoms with Crippen molar-refractivity contribution in [2.75, 3.05) is 7.11 Å². The highest BCUT2D eigenvalue weighted by molar-refractivity contribution is 14.1. The first-order valence-electron chi connectivity index (χ1n) is 4.58. The molecule has 0 saturated heterocycles. The molecule has 1 heterocycles. The Morgan fingerprint density at radius 2 is 2.24 bits per heavy atom. The third-order valence-corrected chi connectivity index (χ3v) is 3.69. The molecule has 0 aliphatic rings. The van der Waals surface area contributed by atoms with Crippen molar-refractivity contribution in [3.63, 3.8) is 0 Å². The van der Waals surface area contributed by atoms with Crippen molar-refractivity contribution in [2.24, 2.45) is 0 Å². The fraction of sp³-hybridized carbons (Fsp3) is 0.400. The molecule has 1 rings (SSSR count). The van der Waals surface area contributed by atoms with E-state index in [2.05, 4.69) is 25.7 Å². The highest BCUT2D eigenvalue weighted by atomic mass is 127. The van der Waals surface area contributed by atoms with Crippen LogP contribution in [-0.4, -0.2) is 18.1 Å². The van der Waals surface area contributed by atoms with Crippen molar-refractivity contribution in [1.29, 1.82) is 0 Å². The number of hydrogen-bond acceptors (Lipinski definition) is 3.